The molecule has 10 atom stereocenters. The van der Waals surface area contributed by atoms with Crippen LogP contribution in [0.2, 0.25) is 0 Å². The molecule has 0 unspecified atom stereocenters. The van der Waals surface area contributed by atoms with Crippen molar-refractivity contribution in [2.45, 2.75) is 100 Å². The molecular weight excluding hydrogens is 552 g/mol. The van der Waals surface area contributed by atoms with Crippen molar-refractivity contribution in [1.82, 2.24) is 10.2 Å². The second-order valence-electron chi connectivity index (χ2n) is 10.0. The Balaban J connectivity index is 1.91. The molecule has 9 N–H and O–H groups in total. The Kier molecular flexibility index (Phi) is 15.8. The lowest BCUT2D eigenvalue weighted by Gasteiger charge is -2.40. The lowest BCUT2D eigenvalue weighted by molar-refractivity contribution is -0.303. The van der Waals surface area contributed by atoms with Gasteiger partial charge in [-0.3, -0.25) is 9.59 Å². The number of aliphatic hydroxyl groups is 8. The number of carbonyl (C=O) groups excluding carboxylic acids is 2. The molecule has 2 amide bonds. The molecule has 0 aromatic carbocycles. The molecule has 0 aromatic heterocycles. The van der Waals surface area contributed by atoms with Crippen LogP contribution < -0.4 is 5.32 Å². The number of ether oxygens (including phenoxy) is 4. The first kappa shape index (κ1) is 35.7. The van der Waals surface area contributed by atoms with E-state index in [1.165, 1.54) is 4.90 Å². The van der Waals surface area contributed by atoms with Gasteiger partial charge in [0, 0.05) is 32.5 Å². The smallest absolute Gasteiger partial charge is 0.222 e. The first-order chi connectivity index (χ1) is 19.5. The molecule has 0 spiro atoms. The van der Waals surface area contributed by atoms with Crippen molar-refractivity contribution >= 4 is 11.8 Å². The molecule has 2 fully saturated rings. The summed E-state index contributed by atoms with van der Waals surface area (Å²) in [6.07, 6.45) is -12.1. The number of aliphatic hydroxyl groups excluding tert-OH is 8. The Morgan fingerprint density at radius 3 is 1.66 bits per heavy atom. The van der Waals surface area contributed by atoms with Crippen LogP contribution in [0.5, 0.6) is 0 Å². The maximum Gasteiger partial charge on any atom is 0.222 e. The van der Waals surface area contributed by atoms with E-state index in [0.29, 0.717) is 32.2 Å². The van der Waals surface area contributed by atoms with Gasteiger partial charge in [0.15, 0.2) is 12.6 Å². The highest BCUT2D eigenvalue weighted by atomic mass is 16.7. The molecule has 0 aromatic rings. The Bertz CT molecular complexity index is 733. The molecule has 2 aliphatic rings. The zero-order valence-electron chi connectivity index (χ0n) is 23.2. The SMILES string of the molecule is CCC(=O)NCCCCCC(=O)N(CCO[C@H]1O[C@H](CO)[C@@H](O)[C@H](O)[C@@H]1O)CCO[C@H]1O[C@H](CO)[C@@H](O)[C@H](O)[C@@H]1O. The zero-order valence-corrected chi connectivity index (χ0v) is 23.2. The average molecular weight is 599 g/mol. The van der Waals surface area contributed by atoms with Crippen LogP contribution in [0.1, 0.15) is 39.0 Å². The second kappa shape index (κ2) is 18.2. The first-order valence-corrected chi connectivity index (χ1v) is 13.9. The van der Waals surface area contributed by atoms with Gasteiger partial charge in [0.05, 0.1) is 26.4 Å². The highest BCUT2D eigenvalue weighted by molar-refractivity contribution is 5.76. The maximum absolute atomic E-state index is 13.0. The highest BCUT2D eigenvalue weighted by Crippen LogP contribution is 2.23. The van der Waals surface area contributed by atoms with Gasteiger partial charge in [0.2, 0.25) is 11.8 Å². The third kappa shape index (κ3) is 10.6. The standard InChI is InChI=1S/C25H46N2O14/c1-2-16(30)26-7-5-3-4-6-17(31)27(8-10-38-24-22(36)20(34)18(32)14(12-28)40-24)9-11-39-25-23(37)21(35)19(33)15(13-29)41-25/h14-15,18-25,28-29,32-37H,2-13H2,1H3,(H,26,30)/t14-,15-,18-,19-,20+,21+,22+,23+,24+,25+/m1/s1. The van der Waals surface area contributed by atoms with Gasteiger partial charge in [0.25, 0.3) is 0 Å². The third-order valence-corrected chi connectivity index (χ3v) is 7.05. The molecule has 0 saturated carbocycles. The van der Waals surface area contributed by atoms with Gasteiger partial charge in [-0.05, 0) is 12.8 Å². The van der Waals surface area contributed by atoms with E-state index >= 15 is 0 Å². The van der Waals surface area contributed by atoms with E-state index in [1.54, 1.807) is 6.92 Å². The van der Waals surface area contributed by atoms with Gasteiger partial charge in [-0.1, -0.05) is 13.3 Å². The van der Waals surface area contributed by atoms with E-state index < -0.39 is 74.6 Å². The number of unbranched alkanes of at least 4 members (excludes halogenated alkanes) is 2. The van der Waals surface area contributed by atoms with Crippen LogP contribution in [-0.4, -0.2) is 165 Å². The first-order valence-electron chi connectivity index (χ1n) is 13.9. The molecular formula is C25H46N2O14. The van der Waals surface area contributed by atoms with Crippen molar-refractivity contribution in [3.63, 3.8) is 0 Å². The van der Waals surface area contributed by atoms with Gasteiger partial charge in [-0.2, -0.15) is 0 Å². The van der Waals surface area contributed by atoms with Crippen molar-refractivity contribution < 1.29 is 69.4 Å². The molecule has 2 saturated heterocycles. The fraction of sp³-hybridized carbons (Fsp3) is 0.920. The minimum Gasteiger partial charge on any atom is -0.394 e. The highest BCUT2D eigenvalue weighted by Gasteiger charge is 2.45. The summed E-state index contributed by atoms with van der Waals surface area (Å²) in [7, 11) is 0. The average Bonchev–Trinajstić information content (AvgIpc) is 2.97. The van der Waals surface area contributed by atoms with Crippen molar-refractivity contribution in [3.05, 3.63) is 0 Å². The van der Waals surface area contributed by atoms with Crippen LogP contribution in [0.3, 0.4) is 0 Å². The predicted molar refractivity (Wildman–Crippen MR) is 138 cm³/mol. The van der Waals surface area contributed by atoms with Crippen molar-refractivity contribution in [3.8, 4) is 0 Å². The molecule has 2 aliphatic heterocycles. The Labute approximate surface area is 238 Å². The summed E-state index contributed by atoms with van der Waals surface area (Å²) in [5.74, 6) is -0.316. The summed E-state index contributed by atoms with van der Waals surface area (Å²) in [6.45, 7) is 0.710. The Hall–Kier alpha value is -1.54. The van der Waals surface area contributed by atoms with Gasteiger partial charge in [0.1, 0.15) is 48.8 Å². The van der Waals surface area contributed by atoms with E-state index in [9.17, 15) is 50.4 Å². The predicted octanol–water partition coefficient (Wildman–Crippen LogP) is -4.47. The van der Waals surface area contributed by atoms with Crippen LogP contribution >= 0.6 is 0 Å². The fourth-order valence-electron chi connectivity index (χ4n) is 4.42. The summed E-state index contributed by atoms with van der Waals surface area (Å²) in [4.78, 5) is 25.7. The molecule has 0 radical (unpaired) electrons. The van der Waals surface area contributed by atoms with Crippen LogP contribution in [0.25, 0.3) is 0 Å². The van der Waals surface area contributed by atoms with Crippen molar-refractivity contribution in [2.75, 3.05) is 46.1 Å². The number of hydrogen-bond donors (Lipinski definition) is 9. The Morgan fingerprint density at radius 2 is 1.22 bits per heavy atom. The molecule has 16 nitrogen and oxygen atoms in total. The second-order valence-corrected chi connectivity index (χ2v) is 10.0. The van der Waals surface area contributed by atoms with Crippen molar-refractivity contribution in [1.29, 1.82) is 0 Å². The van der Waals surface area contributed by atoms with Gasteiger partial charge < -0.3 is 70.0 Å². The van der Waals surface area contributed by atoms with Gasteiger partial charge in [-0.25, -0.2) is 0 Å². The van der Waals surface area contributed by atoms with Crippen LogP contribution in [0.4, 0.5) is 0 Å². The molecule has 2 rings (SSSR count). The van der Waals surface area contributed by atoms with E-state index in [1.807, 2.05) is 0 Å². The fourth-order valence-corrected chi connectivity index (χ4v) is 4.42. The van der Waals surface area contributed by atoms with Crippen LogP contribution in [0, 0.1) is 0 Å². The number of nitrogens with zero attached hydrogens (tertiary/aromatic N) is 1. The van der Waals surface area contributed by atoms with Gasteiger partial charge >= 0.3 is 0 Å². The third-order valence-electron chi connectivity index (χ3n) is 7.05. The summed E-state index contributed by atoms with van der Waals surface area (Å²) >= 11 is 0. The number of carbonyl (C=O) groups is 2. The molecule has 41 heavy (non-hydrogen) atoms. The van der Waals surface area contributed by atoms with Crippen LogP contribution in [0.15, 0.2) is 0 Å². The minimum absolute atomic E-state index is 0.00154. The Morgan fingerprint density at radius 1 is 0.732 bits per heavy atom. The topological polar surface area (TPSA) is 248 Å². The molecule has 2 heterocycles. The van der Waals surface area contributed by atoms with E-state index in [2.05, 4.69) is 5.32 Å². The quantitative estimate of drug-likeness (QED) is 0.0717. The van der Waals surface area contributed by atoms with E-state index in [0.717, 1.165) is 0 Å². The summed E-state index contributed by atoms with van der Waals surface area (Å²) < 4.78 is 21.6. The number of rotatable bonds is 17. The lowest BCUT2D eigenvalue weighted by atomic mass is 9.99. The molecule has 240 valence electrons. The zero-order chi connectivity index (χ0) is 30.5. The summed E-state index contributed by atoms with van der Waals surface area (Å²) in [5.41, 5.74) is 0. The van der Waals surface area contributed by atoms with Crippen molar-refractivity contribution in [2.24, 2.45) is 0 Å². The van der Waals surface area contributed by atoms with E-state index in [-0.39, 0.29) is 44.5 Å². The lowest BCUT2D eigenvalue weighted by Crippen LogP contribution is -2.59. The monoisotopic (exact) mass is 598 g/mol. The summed E-state index contributed by atoms with van der Waals surface area (Å²) in [5, 5.41) is 81.5. The minimum atomic E-state index is -1.61. The van der Waals surface area contributed by atoms with Crippen LogP contribution in [-0.2, 0) is 28.5 Å². The number of amides is 2. The maximum atomic E-state index is 13.0. The number of nitrogens with one attached hydrogen (secondary N) is 1. The molecule has 16 heteroatoms. The normalized spacial score (nSPS) is 33.9. The summed E-state index contributed by atoms with van der Waals surface area (Å²) in [6, 6.07) is 0. The molecule has 0 aliphatic carbocycles. The largest absolute Gasteiger partial charge is 0.394 e. The van der Waals surface area contributed by atoms with E-state index in [4.69, 9.17) is 18.9 Å². The molecule has 0 bridgehead atoms. The number of hydrogen-bond acceptors (Lipinski definition) is 14. The van der Waals surface area contributed by atoms with Gasteiger partial charge in [-0.15, -0.1) is 0 Å².